The van der Waals surface area contributed by atoms with Gasteiger partial charge in [0.15, 0.2) is 11.6 Å². The molecule has 166 valence electrons. The van der Waals surface area contributed by atoms with Crippen LogP contribution in [0.15, 0.2) is 54.2 Å². The van der Waals surface area contributed by atoms with Crippen molar-refractivity contribution in [3.63, 3.8) is 0 Å². The minimum absolute atomic E-state index is 0.0670. The molecule has 1 saturated heterocycles. The summed E-state index contributed by atoms with van der Waals surface area (Å²) in [6, 6.07) is 8.05. The van der Waals surface area contributed by atoms with Crippen LogP contribution in [-0.4, -0.2) is 51.9 Å². The Balaban J connectivity index is 1.28. The molecule has 2 aromatic heterocycles. The van der Waals surface area contributed by atoms with E-state index in [-0.39, 0.29) is 11.7 Å². The normalized spacial score (nSPS) is 14.8. The van der Waals surface area contributed by atoms with E-state index in [2.05, 4.69) is 27.2 Å². The number of hydrogen-bond donors (Lipinski definition) is 0. The number of hydrogen-bond acceptors (Lipinski definition) is 6. The molecule has 0 bridgehead atoms. The van der Waals surface area contributed by atoms with Crippen molar-refractivity contribution in [3.05, 3.63) is 76.3 Å². The highest BCUT2D eigenvalue weighted by Gasteiger charge is 2.20. The maximum atomic E-state index is 14.4. The van der Waals surface area contributed by atoms with E-state index in [0.29, 0.717) is 24.4 Å². The average molecular weight is 453 g/mol. The molecule has 1 aromatic carbocycles. The number of pyridine rings is 1. The summed E-state index contributed by atoms with van der Waals surface area (Å²) in [5, 5.41) is 3.28. The number of aromatic nitrogens is 2. The number of halogens is 1. The van der Waals surface area contributed by atoms with Gasteiger partial charge in [-0.25, -0.2) is 9.37 Å². The van der Waals surface area contributed by atoms with Gasteiger partial charge in [-0.15, -0.1) is 11.3 Å². The van der Waals surface area contributed by atoms with Crippen molar-refractivity contribution in [1.82, 2.24) is 19.8 Å². The third-order valence-electron chi connectivity index (χ3n) is 5.21. The summed E-state index contributed by atoms with van der Waals surface area (Å²) in [6.45, 7) is 5.89. The van der Waals surface area contributed by atoms with Crippen molar-refractivity contribution in [1.29, 1.82) is 0 Å². The van der Waals surface area contributed by atoms with Gasteiger partial charge in [-0.2, -0.15) is 0 Å². The molecule has 1 aliphatic rings. The molecule has 1 aliphatic heterocycles. The fourth-order valence-electron chi connectivity index (χ4n) is 3.45. The smallest absolute Gasteiger partial charge is 0.246 e. The molecule has 3 heterocycles. The Labute approximate surface area is 191 Å². The fraction of sp³-hybridized carbons (Fsp3) is 0.292. The summed E-state index contributed by atoms with van der Waals surface area (Å²) in [6.07, 6.45) is 7.23. The van der Waals surface area contributed by atoms with E-state index in [1.54, 1.807) is 47.9 Å². The molecule has 1 fully saturated rings. The largest absolute Gasteiger partial charge is 0.453 e. The lowest BCUT2D eigenvalue weighted by Crippen LogP contribution is -2.47. The zero-order valence-corrected chi connectivity index (χ0v) is 18.7. The molecule has 0 radical (unpaired) electrons. The summed E-state index contributed by atoms with van der Waals surface area (Å²) < 4.78 is 19.9. The number of ether oxygens (including phenoxy) is 1. The van der Waals surface area contributed by atoms with Crippen molar-refractivity contribution in [2.45, 2.75) is 19.9 Å². The van der Waals surface area contributed by atoms with E-state index >= 15 is 0 Å². The summed E-state index contributed by atoms with van der Waals surface area (Å²) in [7, 11) is 0. The molecule has 0 unspecified atom stereocenters. The van der Waals surface area contributed by atoms with Gasteiger partial charge in [0, 0.05) is 50.4 Å². The summed E-state index contributed by atoms with van der Waals surface area (Å²) in [5.41, 5.74) is 1.70. The van der Waals surface area contributed by atoms with Gasteiger partial charge in [0.05, 0.1) is 16.9 Å². The standard InChI is InChI=1S/C24H25FN4O2S/c1-2-23-27-19(17-32-23)16-28-10-12-29(13-11-28)24(30)8-6-18-5-7-22(21(25)14-18)31-20-4-3-9-26-15-20/h3-9,14-15,17H,2,10-13,16H2,1H3/b8-6+. The summed E-state index contributed by atoms with van der Waals surface area (Å²) in [5.74, 6) is 0.0152. The second kappa shape index (κ2) is 10.5. The van der Waals surface area contributed by atoms with E-state index in [4.69, 9.17) is 4.74 Å². The highest BCUT2D eigenvalue weighted by molar-refractivity contribution is 7.09. The highest BCUT2D eigenvalue weighted by Crippen LogP contribution is 2.25. The molecule has 6 nitrogen and oxygen atoms in total. The Morgan fingerprint density at radius 1 is 1.25 bits per heavy atom. The molecule has 8 heteroatoms. The SMILES string of the molecule is CCc1nc(CN2CCN(C(=O)/C=C/c3ccc(Oc4cccnc4)c(F)c3)CC2)cs1. The monoisotopic (exact) mass is 452 g/mol. The molecule has 0 aliphatic carbocycles. The number of rotatable bonds is 7. The minimum Gasteiger partial charge on any atom is -0.453 e. The van der Waals surface area contributed by atoms with Crippen LogP contribution in [0.4, 0.5) is 4.39 Å². The van der Waals surface area contributed by atoms with Gasteiger partial charge in [0.1, 0.15) is 5.75 Å². The van der Waals surface area contributed by atoms with Crippen LogP contribution >= 0.6 is 11.3 Å². The van der Waals surface area contributed by atoms with Gasteiger partial charge in [-0.05, 0) is 42.3 Å². The Morgan fingerprint density at radius 3 is 2.78 bits per heavy atom. The molecule has 0 spiro atoms. The number of nitrogens with zero attached hydrogens (tertiary/aromatic N) is 4. The topological polar surface area (TPSA) is 58.6 Å². The fourth-order valence-corrected chi connectivity index (χ4v) is 4.19. The van der Waals surface area contributed by atoms with E-state index in [9.17, 15) is 9.18 Å². The number of carbonyl (C=O) groups excluding carboxylic acids is 1. The lowest BCUT2D eigenvalue weighted by atomic mass is 10.2. The Kier molecular flexibility index (Phi) is 7.24. The van der Waals surface area contributed by atoms with Gasteiger partial charge in [0.25, 0.3) is 0 Å². The van der Waals surface area contributed by atoms with Crippen molar-refractivity contribution >= 4 is 23.3 Å². The van der Waals surface area contributed by atoms with Crippen LogP contribution in [0.25, 0.3) is 6.08 Å². The Bertz CT molecular complexity index is 1080. The molecule has 0 N–H and O–H groups in total. The highest BCUT2D eigenvalue weighted by atomic mass is 32.1. The zero-order valence-electron chi connectivity index (χ0n) is 17.9. The van der Waals surface area contributed by atoms with Crippen LogP contribution in [0.1, 0.15) is 23.2 Å². The number of benzene rings is 1. The van der Waals surface area contributed by atoms with Crippen LogP contribution in [0.3, 0.4) is 0 Å². The average Bonchev–Trinajstić information content (AvgIpc) is 3.28. The third-order valence-corrected chi connectivity index (χ3v) is 6.25. The predicted octanol–water partition coefficient (Wildman–Crippen LogP) is 4.39. The predicted molar refractivity (Wildman–Crippen MR) is 123 cm³/mol. The van der Waals surface area contributed by atoms with Crippen LogP contribution in [0.5, 0.6) is 11.5 Å². The first-order valence-electron chi connectivity index (χ1n) is 10.6. The first kappa shape index (κ1) is 22.1. The van der Waals surface area contributed by atoms with Gasteiger partial charge in [-0.3, -0.25) is 14.7 Å². The lowest BCUT2D eigenvalue weighted by Gasteiger charge is -2.33. The second-order valence-corrected chi connectivity index (χ2v) is 8.44. The van der Waals surface area contributed by atoms with Crippen molar-refractivity contribution in [2.24, 2.45) is 0 Å². The lowest BCUT2D eigenvalue weighted by molar-refractivity contribution is -0.127. The van der Waals surface area contributed by atoms with Gasteiger partial charge < -0.3 is 9.64 Å². The molecular weight excluding hydrogens is 427 g/mol. The number of carbonyl (C=O) groups is 1. The van der Waals surface area contributed by atoms with Crippen molar-refractivity contribution < 1.29 is 13.9 Å². The molecule has 1 amide bonds. The number of amides is 1. The number of thiazole rings is 1. The number of aryl methyl sites for hydroxylation is 1. The maximum absolute atomic E-state index is 14.4. The minimum atomic E-state index is -0.495. The van der Waals surface area contributed by atoms with Crippen LogP contribution in [0.2, 0.25) is 0 Å². The van der Waals surface area contributed by atoms with Gasteiger partial charge in [-0.1, -0.05) is 13.0 Å². The Hall–Kier alpha value is -3.10. The van der Waals surface area contributed by atoms with Gasteiger partial charge in [0.2, 0.25) is 5.91 Å². The molecule has 0 atom stereocenters. The van der Waals surface area contributed by atoms with E-state index in [0.717, 1.165) is 36.8 Å². The summed E-state index contributed by atoms with van der Waals surface area (Å²) >= 11 is 1.70. The number of piperazine rings is 1. The molecule has 4 rings (SSSR count). The molecule has 0 saturated carbocycles. The molecule has 32 heavy (non-hydrogen) atoms. The zero-order chi connectivity index (χ0) is 22.3. The van der Waals surface area contributed by atoms with E-state index < -0.39 is 5.82 Å². The van der Waals surface area contributed by atoms with Crippen LogP contribution < -0.4 is 4.74 Å². The summed E-state index contributed by atoms with van der Waals surface area (Å²) in [4.78, 5) is 25.3. The van der Waals surface area contributed by atoms with Crippen LogP contribution in [-0.2, 0) is 17.8 Å². The maximum Gasteiger partial charge on any atom is 0.246 e. The first-order valence-corrected chi connectivity index (χ1v) is 11.5. The van der Waals surface area contributed by atoms with Crippen molar-refractivity contribution in [3.8, 4) is 11.5 Å². The quantitative estimate of drug-likeness (QED) is 0.498. The second-order valence-electron chi connectivity index (χ2n) is 7.50. The molecule has 3 aromatic rings. The third kappa shape index (κ3) is 5.77. The first-order chi connectivity index (χ1) is 15.6. The Morgan fingerprint density at radius 2 is 2.09 bits per heavy atom. The van der Waals surface area contributed by atoms with Gasteiger partial charge >= 0.3 is 0 Å². The molecular formula is C24H25FN4O2S. The van der Waals surface area contributed by atoms with E-state index in [1.807, 2.05) is 4.90 Å². The van der Waals surface area contributed by atoms with E-state index in [1.165, 1.54) is 18.3 Å². The van der Waals surface area contributed by atoms with Crippen LogP contribution in [0, 0.1) is 5.82 Å². The van der Waals surface area contributed by atoms with Crippen molar-refractivity contribution in [2.75, 3.05) is 26.2 Å².